The number of halogens is 1. The van der Waals surface area contributed by atoms with Crippen molar-refractivity contribution in [3.8, 4) is 0 Å². The van der Waals surface area contributed by atoms with Crippen LogP contribution in [0.25, 0.3) is 0 Å². The first-order chi connectivity index (χ1) is 5.00. The van der Waals surface area contributed by atoms with Crippen molar-refractivity contribution in [1.82, 2.24) is 4.98 Å². The predicted octanol–water partition coefficient (Wildman–Crippen LogP) is 1.09. The highest BCUT2D eigenvalue weighted by molar-refractivity contribution is 14.1. The second-order valence-corrected chi connectivity index (χ2v) is 5.29. The number of nitrogens with zero attached hydrogens (tertiary/aromatic N) is 1. The quantitative estimate of drug-likeness (QED) is 0.725. The zero-order chi connectivity index (χ0) is 8.48. The van der Waals surface area contributed by atoms with E-state index in [0.717, 1.165) is 9.83 Å². The van der Waals surface area contributed by atoms with Crippen molar-refractivity contribution in [1.29, 1.82) is 0 Å². The Hall–Kier alpha value is -0.170. The number of aromatic nitrogens is 1. The van der Waals surface area contributed by atoms with Crippen LogP contribution in [0.5, 0.6) is 0 Å². The Morgan fingerprint density at radius 2 is 2.18 bits per heavy atom. The number of sulfone groups is 1. The van der Waals surface area contributed by atoms with Crippen LogP contribution in [0.2, 0.25) is 0 Å². The van der Waals surface area contributed by atoms with Crippen molar-refractivity contribution in [3.05, 3.63) is 21.9 Å². The summed E-state index contributed by atoms with van der Waals surface area (Å²) in [7, 11) is -3.14. The van der Waals surface area contributed by atoms with Crippen molar-refractivity contribution in [2.45, 2.75) is 5.03 Å². The molecule has 0 atom stereocenters. The van der Waals surface area contributed by atoms with Crippen LogP contribution in [0, 0.1) is 3.57 Å². The average Bonchev–Trinajstić information content (AvgIpc) is 1.86. The van der Waals surface area contributed by atoms with Crippen LogP contribution in [0.4, 0.5) is 0 Å². The van der Waals surface area contributed by atoms with E-state index in [0.29, 0.717) is 0 Å². The molecular formula is C6H6INO2S. The maximum Gasteiger partial charge on any atom is 0.192 e. The molecule has 0 amide bonds. The molecule has 0 aliphatic carbocycles. The molecule has 0 aromatic carbocycles. The molecule has 1 rings (SSSR count). The molecule has 11 heavy (non-hydrogen) atoms. The first-order valence-corrected chi connectivity index (χ1v) is 5.79. The molecule has 0 radical (unpaired) electrons. The minimum absolute atomic E-state index is 0.129. The predicted molar refractivity (Wildman–Crippen MR) is 50.1 cm³/mol. The summed E-state index contributed by atoms with van der Waals surface area (Å²) in [6.07, 6.45) is 2.63. The van der Waals surface area contributed by atoms with Gasteiger partial charge in [0.05, 0.1) is 0 Å². The largest absolute Gasteiger partial charge is 0.245 e. The zero-order valence-corrected chi connectivity index (χ0v) is 8.76. The van der Waals surface area contributed by atoms with Crippen LogP contribution in [0.1, 0.15) is 0 Å². The van der Waals surface area contributed by atoms with Gasteiger partial charge in [-0.3, -0.25) is 0 Å². The third-order valence-electron chi connectivity index (χ3n) is 1.08. The van der Waals surface area contributed by atoms with Crippen molar-refractivity contribution in [2.75, 3.05) is 6.26 Å². The van der Waals surface area contributed by atoms with Gasteiger partial charge >= 0.3 is 0 Å². The van der Waals surface area contributed by atoms with E-state index in [4.69, 9.17) is 0 Å². The van der Waals surface area contributed by atoms with Crippen molar-refractivity contribution in [2.24, 2.45) is 0 Å². The lowest BCUT2D eigenvalue weighted by Gasteiger charge is -1.95. The molecule has 0 saturated heterocycles. The molecule has 60 valence electrons. The SMILES string of the molecule is CS(=O)(=O)c1cc(I)ccn1. The molecule has 1 aromatic rings. The minimum atomic E-state index is -3.14. The van der Waals surface area contributed by atoms with E-state index in [9.17, 15) is 8.42 Å². The fraction of sp³-hybridized carbons (Fsp3) is 0.167. The molecule has 0 saturated carbocycles. The molecule has 5 heteroatoms. The molecule has 0 unspecified atom stereocenters. The topological polar surface area (TPSA) is 47.0 Å². The molecule has 0 aliphatic heterocycles. The Morgan fingerprint density at radius 3 is 2.55 bits per heavy atom. The standard InChI is InChI=1S/C6H6INO2S/c1-11(9,10)6-4-5(7)2-3-8-6/h2-4H,1H3. The van der Waals surface area contributed by atoms with Crippen molar-refractivity contribution >= 4 is 32.4 Å². The van der Waals surface area contributed by atoms with Crippen LogP contribution in [0.15, 0.2) is 23.4 Å². The molecule has 0 spiro atoms. The van der Waals surface area contributed by atoms with E-state index in [1.807, 2.05) is 22.6 Å². The summed E-state index contributed by atoms with van der Waals surface area (Å²) in [5.41, 5.74) is 0. The molecule has 0 fully saturated rings. The first-order valence-electron chi connectivity index (χ1n) is 2.82. The second-order valence-electron chi connectivity index (χ2n) is 2.08. The van der Waals surface area contributed by atoms with Crippen molar-refractivity contribution < 1.29 is 8.42 Å². The number of hydrogen-bond donors (Lipinski definition) is 0. The third-order valence-corrected chi connectivity index (χ3v) is 2.73. The molecule has 1 heterocycles. The van der Waals surface area contributed by atoms with E-state index in [1.165, 1.54) is 12.3 Å². The smallest absolute Gasteiger partial charge is 0.192 e. The van der Waals surface area contributed by atoms with Gasteiger partial charge in [-0.25, -0.2) is 13.4 Å². The van der Waals surface area contributed by atoms with Crippen LogP contribution < -0.4 is 0 Å². The third kappa shape index (κ3) is 2.41. The highest BCUT2D eigenvalue weighted by Gasteiger charge is 2.07. The maximum atomic E-state index is 10.9. The number of rotatable bonds is 1. The van der Waals surface area contributed by atoms with E-state index in [2.05, 4.69) is 4.98 Å². The van der Waals surface area contributed by atoms with Crippen LogP contribution in [-0.4, -0.2) is 19.7 Å². The summed E-state index contributed by atoms with van der Waals surface area (Å²) in [5, 5.41) is 0.129. The molecule has 0 aliphatic rings. The summed E-state index contributed by atoms with van der Waals surface area (Å²) in [6, 6.07) is 3.28. The molecule has 1 aromatic heterocycles. The van der Waals surface area contributed by atoms with Gasteiger partial charge in [-0.05, 0) is 34.7 Å². The minimum Gasteiger partial charge on any atom is -0.245 e. The number of pyridine rings is 1. The molecule has 3 nitrogen and oxygen atoms in total. The Bertz CT molecular complexity index is 361. The fourth-order valence-corrected chi connectivity index (χ4v) is 1.85. The van der Waals surface area contributed by atoms with Gasteiger partial charge in [-0.1, -0.05) is 0 Å². The van der Waals surface area contributed by atoms with Gasteiger partial charge in [0.15, 0.2) is 14.9 Å². The summed E-state index contributed by atoms with van der Waals surface area (Å²) < 4.78 is 22.7. The fourth-order valence-electron chi connectivity index (χ4n) is 0.588. The summed E-state index contributed by atoms with van der Waals surface area (Å²) in [4.78, 5) is 3.72. The molecule has 0 N–H and O–H groups in total. The Kier molecular flexibility index (Phi) is 2.48. The van der Waals surface area contributed by atoms with Gasteiger partial charge < -0.3 is 0 Å². The van der Waals surface area contributed by atoms with E-state index in [1.54, 1.807) is 6.07 Å². The van der Waals surface area contributed by atoms with Gasteiger partial charge in [0.1, 0.15) is 0 Å². The van der Waals surface area contributed by atoms with Gasteiger partial charge in [-0.2, -0.15) is 0 Å². The average molecular weight is 283 g/mol. The molecule has 0 bridgehead atoms. The van der Waals surface area contributed by atoms with E-state index < -0.39 is 9.84 Å². The second kappa shape index (κ2) is 3.06. The van der Waals surface area contributed by atoms with E-state index in [-0.39, 0.29) is 5.03 Å². The highest BCUT2D eigenvalue weighted by Crippen LogP contribution is 2.08. The van der Waals surface area contributed by atoms with Crippen LogP contribution in [-0.2, 0) is 9.84 Å². The number of hydrogen-bond acceptors (Lipinski definition) is 3. The summed E-state index contributed by atoms with van der Waals surface area (Å²) >= 11 is 2.04. The Labute approximate surface area is 78.9 Å². The first kappa shape index (κ1) is 8.92. The molecular weight excluding hydrogens is 277 g/mol. The van der Waals surface area contributed by atoms with Gasteiger partial charge in [0.25, 0.3) is 0 Å². The maximum absolute atomic E-state index is 10.9. The van der Waals surface area contributed by atoms with Crippen LogP contribution in [0.3, 0.4) is 0 Å². The lowest BCUT2D eigenvalue weighted by atomic mass is 10.5. The lowest BCUT2D eigenvalue weighted by Crippen LogP contribution is -1.99. The van der Waals surface area contributed by atoms with Gasteiger partial charge in [0.2, 0.25) is 0 Å². The summed E-state index contributed by atoms with van der Waals surface area (Å²) in [5.74, 6) is 0. The van der Waals surface area contributed by atoms with E-state index >= 15 is 0 Å². The highest BCUT2D eigenvalue weighted by atomic mass is 127. The normalized spacial score (nSPS) is 11.5. The monoisotopic (exact) mass is 283 g/mol. The van der Waals surface area contributed by atoms with Gasteiger partial charge in [-0.15, -0.1) is 0 Å². The Balaban J connectivity index is 3.28. The van der Waals surface area contributed by atoms with Crippen LogP contribution >= 0.6 is 22.6 Å². The van der Waals surface area contributed by atoms with Gasteiger partial charge in [0, 0.05) is 16.0 Å². The van der Waals surface area contributed by atoms with Crippen molar-refractivity contribution in [3.63, 3.8) is 0 Å². The zero-order valence-electron chi connectivity index (χ0n) is 5.78. The Morgan fingerprint density at radius 1 is 1.55 bits per heavy atom. The summed E-state index contributed by atoms with van der Waals surface area (Å²) in [6.45, 7) is 0. The lowest BCUT2D eigenvalue weighted by molar-refractivity contribution is 0.598.